The molecule has 0 bridgehead atoms. The van der Waals surface area contributed by atoms with Crippen LogP contribution in [0, 0.1) is 5.82 Å². The van der Waals surface area contributed by atoms with Crippen LogP contribution in [0.4, 0.5) is 9.18 Å². The fourth-order valence-electron chi connectivity index (χ4n) is 2.36. The molecule has 0 N–H and O–H groups in total. The number of aromatic nitrogens is 1. The summed E-state index contributed by atoms with van der Waals surface area (Å²) in [5.74, 6) is -0.455. The predicted octanol–water partition coefficient (Wildman–Crippen LogP) is 3.88. The van der Waals surface area contributed by atoms with E-state index in [4.69, 9.17) is 16.3 Å². The second kappa shape index (κ2) is 5.93. The fourth-order valence-corrected chi connectivity index (χ4v) is 2.54. The Hall–Kier alpha value is -2.14. The van der Waals surface area contributed by atoms with E-state index < -0.39 is 5.82 Å². The van der Waals surface area contributed by atoms with Gasteiger partial charge in [-0.2, -0.15) is 0 Å². The maximum Gasteiger partial charge on any atom is 0.410 e. The number of pyridine rings is 1. The van der Waals surface area contributed by atoms with Gasteiger partial charge in [0.2, 0.25) is 0 Å². The topological polar surface area (TPSA) is 42.4 Å². The Morgan fingerprint density at radius 1 is 1.41 bits per heavy atom. The summed E-state index contributed by atoms with van der Waals surface area (Å²) < 4.78 is 18.3. The van der Waals surface area contributed by atoms with Crippen molar-refractivity contribution in [2.45, 2.75) is 19.6 Å². The Balaban J connectivity index is 1.75. The van der Waals surface area contributed by atoms with Crippen molar-refractivity contribution in [2.75, 3.05) is 6.54 Å². The van der Waals surface area contributed by atoms with E-state index in [1.807, 2.05) is 19.1 Å². The first kappa shape index (κ1) is 14.8. The summed E-state index contributed by atoms with van der Waals surface area (Å²) in [6.07, 6.45) is 1.31. The second-order valence-corrected chi connectivity index (χ2v) is 5.66. The highest BCUT2D eigenvalue weighted by Crippen LogP contribution is 2.24. The molecule has 1 amide bonds. The van der Waals surface area contributed by atoms with Gasteiger partial charge in [-0.05, 0) is 36.8 Å². The summed E-state index contributed by atoms with van der Waals surface area (Å²) in [4.78, 5) is 17.6. The van der Waals surface area contributed by atoms with Crippen molar-refractivity contribution >= 4 is 17.7 Å². The number of cyclic esters (lactones) is 1. The first-order valence-corrected chi connectivity index (χ1v) is 7.26. The zero-order valence-corrected chi connectivity index (χ0v) is 12.7. The molecule has 0 aliphatic carbocycles. The van der Waals surface area contributed by atoms with Crippen molar-refractivity contribution in [3.63, 3.8) is 0 Å². The Labute approximate surface area is 132 Å². The molecular weight excluding hydrogens is 307 g/mol. The van der Waals surface area contributed by atoms with Crippen LogP contribution in [0.2, 0.25) is 5.02 Å². The Morgan fingerprint density at radius 2 is 2.23 bits per heavy atom. The third-order valence-electron chi connectivity index (χ3n) is 3.45. The minimum absolute atomic E-state index is 0.0668. The van der Waals surface area contributed by atoms with Crippen LogP contribution in [0.3, 0.4) is 0 Å². The molecule has 2 heterocycles. The van der Waals surface area contributed by atoms with Gasteiger partial charge in [0.1, 0.15) is 11.9 Å². The zero-order valence-electron chi connectivity index (χ0n) is 11.9. The Kier molecular flexibility index (Phi) is 3.98. The van der Waals surface area contributed by atoms with Crippen molar-refractivity contribution in [3.8, 4) is 11.3 Å². The van der Waals surface area contributed by atoms with Crippen molar-refractivity contribution < 1.29 is 13.9 Å². The number of carbonyl (C=O) groups excluding carboxylic acids is 1. The zero-order chi connectivity index (χ0) is 15.7. The minimum atomic E-state index is -0.455. The summed E-state index contributed by atoms with van der Waals surface area (Å²) in [6, 6.07) is 8.19. The van der Waals surface area contributed by atoms with Crippen LogP contribution < -0.4 is 0 Å². The van der Waals surface area contributed by atoms with Gasteiger partial charge in [0.15, 0.2) is 0 Å². The third-order valence-corrected chi connectivity index (χ3v) is 3.74. The molecular formula is C16H14ClFN2O2. The van der Waals surface area contributed by atoms with Gasteiger partial charge in [-0.15, -0.1) is 0 Å². The van der Waals surface area contributed by atoms with Crippen LogP contribution in [0.5, 0.6) is 0 Å². The lowest BCUT2D eigenvalue weighted by Crippen LogP contribution is -2.24. The third kappa shape index (κ3) is 3.04. The van der Waals surface area contributed by atoms with Crippen LogP contribution in [-0.2, 0) is 11.3 Å². The molecule has 1 atom stereocenters. The molecule has 0 unspecified atom stereocenters. The number of halogens is 2. The highest BCUT2D eigenvalue weighted by atomic mass is 35.5. The molecule has 22 heavy (non-hydrogen) atoms. The van der Waals surface area contributed by atoms with Crippen molar-refractivity contribution in [1.29, 1.82) is 0 Å². The van der Waals surface area contributed by atoms with Crippen LogP contribution in [0.1, 0.15) is 12.5 Å². The van der Waals surface area contributed by atoms with Gasteiger partial charge in [-0.3, -0.25) is 4.98 Å². The summed E-state index contributed by atoms with van der Waals surface area (Å²) >= 11 is 5.78. The summed E-state index contributed by atoms with van der Waals surface area (Å²) in [5, 5.41) is 0.0668. The molecule has 1 aliphatic heterocycles. The van der Waals surface area contributed by atoms with Gasteiger partial charge >= 0.3 is 6.09 Å². The lowest BCUT2D eigenvalue weighted by atomic mass is 10.1. The van der Waals surface area contributed by atoms with Crippen LogP contribution >= 0.6 is 11.6 Å². The lowest BCUT2D eigenvalue weighted by molar-refractivity contribution is 0.137. The molecule has 1 fully saturated rings. The van der Waals surface area contributed by atoms with E-state index in [1.165, 1.54) is 6.07 Å². The van der Waals surface area contributed by atoms with Crippen LogP contribution in [0.15, 0.2) is 36.5 Å². The number of nitrogens with zero attached hydrogens (tertiary/aromatic N) is 2. The van der Waals surface area contributed by atoms with Crippen molar-refractivity contribution in [3.05, 3.63) is 52.9 Å². The number of ether oxygens (including phenoxy) is 1. The molecule has 0 saturated carbocycles. The first-order chi connectivity index (χ1) is 10.5. The molecule has 0 spiro atoms. The minimum Gasteiger partial charge on any atom is -0.444 e. The van der Waals surface area contributed by atoms with Gasteiger partial charge in [-0.25, -0.2) is 9.18 Å². The smallest absolute Gasteiger partial charge is 0.410 e. The van der Waals surface area contributed by atoms with E-state index in [-0.39, 0.29) is 17.2 Å². The average Bonchev–Trinajstić information content (AvgIpc) is 2.81. The van der Waals surface area contributed by atoms with E-state index in [1.54, 1.807) is 23.2 Å². The van der Waals surface area contributed by atoms with Crippen molar-refractivity contribution in [2.24, 2.45) is 0 Å². The first-order valence-electron chi connectivity index (χ1n) is 6.89. The molecule has 1 saturated heterocycles. The number of rotatable bonds is 3. The number of benzene rings is 1. The lowest BCUT2D eigenvalue weighted by Gasteiger charge is -2.12. The maximum atomic E-state index is 13.2. The quantitative estimate of drug-likeness (QED) is 0.862. The number of hydrogen-bond donors (Lipinski definition) is 0. The molecule has 3 rings (SSSR count). The Bertz CT molecular complexity index is 706. The van der Waals surface area contributed by atoms with E-state index in [0.717, 1.165) is 11.1 Å². The van der Waals surface area contributed by atoms with Gasteiger partial charge < -0.3 is 9.64 Å². The molecule has 2 aromatic rings. The molecule has 6 heteroatoms. The van der Waals surface area contributed by atoms with Crippen molar-refractivity contribution in [1.82, 2.24) is 9.88 Å². The SMILES string of the molecule is C[C@@H]1CN(Cc2ccc(-c3ccc(F)c(Cl)c3)nc2)C(=O)O1. The normalized spacial score (nSPS) is 17.7. The van der Waals surface area contributed by atoms with E-state index >= 15 is 0 Å². The molecule has 1 aromatic heterocycles. The van der Waals surface area contributed by atoms with E-state index in [9.17, 15) is 9.18 Å². The number of hydrogen-bond acceptors (Lipinski definition) is 3. The summed E-state index contributed by atoms with van der Waals surface area (Å²) in [7, 11) is 0. The maximum absolute atomic E-state index is 13.2. The van der Waals surface area contributed by atoms with Crippen LogP contribution in [-0.4, -0.2) is 28.6 Å². The van der Waals surface area contributed by atoms with E-state index in [0.29, 0.717) is 18.8 Å². The largest absolute Gasteiger partial charge is 0.444 e. The number of carbonyl (C=O) groups is 1. The molecule has 1 aliphatic rings. The standard InChI is InChI=1S/C16H14ClFN2O2/c1-10-8-20(16(21)22-10)9-11-2-5-15(19-7-11)12-3-4-14(18)13(17)6-12/h2-7,10H,8-9H2,1H3/t10-/m1/s1. The van der Waals surface area contributed by atoms with Gasteiger partial charge in [0, 0.05) is 11.8 Å². The average molecular weight is 321 g/mol. The highest BCUT2D eigenvalue weighted by Gasteiger charge is 2.27. The molecule has 1 aromatic carbocycles. The van der Waals surface area contributed by atoms with E-state index in [2.05, 4.69) is 4.98 Å². The monoisotopic (exact) mass is 320 g/mol. The molecule has 114 valence electrons. The fraction of sp³-hybridized carbons (Fsp3) is 0.250. The highest BCUT2D eigenvalue weighted by molar-refractivity contribution is 6.31. The summed E-state index contributed by atoms with van der Waals surface area (Å²) in [5.41, 5.74) is 2.35. The van der Waals surface area contributed by atoms with Gasteiger partial charge in [0.05, 0.1) is 23.8 Å². The number of amides is 1. The molecule has 4 nitrogen and oxygen atoms in total. The molecule has 0 radical (unpaired) electrons. The van der Waals surface area contributed by atoms with Crippen LogP contribution in [0.25, 0.3) is 11.3 Å². The van der Waals surface area contributed by atoms with Gasteiger partial charge in [0.25, 0.3) is 0 Å². The Morgan fingerprint density at radius 3 is 2.82 bits per heavy atom. The predicted molar refractivity (Wildman–Crippen MR) is 81.0 cm³/mol. The summed E-state index contributed by atoms with van der Waals surface area (Å²) in [6.45, 7) is 2.90. The van der Waals surface area contributed by atoms with Gasteiger partial charge in [-0.1, -0.05) is 17.7 Å². The second-order valence-electron chi connectivity index (χ2n) is 5.26.